The summed E-state index contributed by atoms with van der Waals surface area (Å²) in [6.07, 6.45) is 2.12. The number of hydrogen-bond acceptors (Lipinski definition) is 6. The van der Waals surface area contributed by atoms with E-state index in [1.165, 1.54) is 17.8 Å². The minimum atomic E-state index is -0.501. The van der Waals surface area contributed by atoms with Gasteiger partial charge in [-0.3, -0.25) is 10.1 Å². The number of carbonyl (C=O) groups excluding carboxylic acids is 1. The van der Waals surface area contributed by atoms with Crippen LogP contribution in [-0.4, -0.2) is 45.3 Å². The fourth-order valence-electron chi connectivity index (χ4n) is 2.29. The van der Waals surface area contributed by atoms with Crippen molar-refractivity contribution in [3.63, 3.8) is 0 Å². The van der Waals surface area contributed by atoms with Gasteiger partial charge in [-0.05, 0) is 39.2 Å². The molecule has 0 N–H and O–H groups in total. The molecule has 0 radical (unpaired) electrons. The van der Waals surface area contributed by atoms with E-state index in [4.69, 9.17) is 4.74 Å². The van der Waals surface area contributed by atoms with E-state index in [-0.39, 0.29) is 17.7 Å². The lowest BCUT2D eigenvalue weighted by molar-refractivity contribution is -0.388. The second kappa shape index (κ2) is 7.16. The fourth-order valence-corrected chi connectivity index (χ4v) is 3.38. The summed E-state index contributed by atoms with van der Waals surface area (Å²) in [4.78, 5) is 28.4. The molecule has 1 amide bonds. The molecule has 0 spiro atoms. The molecule has 2 rings (SSSR count). The predicted molar refractivity (Wildman–Crippen MR) is 87.5 cm³/mol. The average molecular weight is 339 g/mol. The molecule has 1 aromatic heterocycles. The monoisotopic (exact) mass is 339 g/mol. The number of pyridine rings is 1. The maximum absolute atomic E-state index is 12.0. The van der Waals surface area contributed by atoms with Crippen LogP contribution in [0, 0.1) is 16.0 Å². The SMILES string of the molecule is CC(C)(C)OC(=O)N1CC[C@H](CSc2ncccc2[N+](=O)[O-])C1. The van der Waals surface area contributed by atoms with E-state index in [9.17, 15) is 14.9 Å². The minimum absolute atomic E-state index is 0.0273. The van der Waals surface area contributed by atoms with Gasteiger partial charge >= 0.3 is 11.8 Å². The van der Waals surface area contributed by atoms with Crippen molar-refractivity contribution in [1.29, 1.82) is 0 Å². The molecule has 23 heavy (non-hydrogen) atoms. The number of amides is 1. The van der Waals surface area contributed by atoms with E-state index in [1.807, 2.05) is 20.8 Å². The van der Waals surface area contributed by atoms with Gasteiger partial charge in [-0.1, -0.05) is 11.8 Å². The highest BCUT2D eigenvalue weighted by Gasteiger charge is 2.30. The number of thioether (sulfide) groups is 1. The van der Waals surface area contributed by atoms with Crippen molar-refractivity contribution in [3.8, 4) is 0 Å². The Morgan fingerprint density at radius 2 is 2.30 bits per heavy atom. The summed E-state index contributed by atoms with van der Waals surface area (Å²) in [5, 5.41) is 11.4. The van der Waals surface area contributed by atoms with Crippen molar-refractivity contribution in [1.82, 2.24) is 9.88 Å². The van der Waals surface area contributed by atoms with Crippen LogP contribution in [0.3, 0.4) is 0 Å². The van der Waals surface area contributed by atoms with Crippen LogP contribution in [0.15, 0.2) is 23.4 Å². The summed E-state index contributed by atoms with van der Waals surface area (Å²) >= 11 is 1.37. The lowest BCUT2D eigenvalue weighted by Crippen LogP contribution is -2.35. The number of carbonyl (C=O) groups is 1. The summed E-state index contributed by atoms with van der Waals surface area (Å²) in [6.45, 7) is 6.80. The van der Waals surface area contributed by atoms with Crippen LogP contribution in [0.5, 0.6) is 0 Å². The van der Waals surface area contributed by atoms with Gasteiger partial charge in [-0.15, -0.1) is 0 Å². The van der Waals surface area contributed by atoms with Gasteiger partial charge in [0.2, 0.25) is 0 Å². The highest BCUT2D eigenvalue weighted by Crippen LogP contribution is 2.30. The standard InChI is InChI=1S/C15H21N3O4S/c1-15(2,3)22-14(19)17-8-6-11(9-17)10-23-13-12(18(20)21)5-4-7-16-13/h4-5,7,11H,6,8-10H2,1-3H3/t11-/m0/s1. The van der Waals surface area contributed by atoms with Gasteiger partial charge in [-0.25, -0.2) is 9.78 Å². The number of hydrogen-bond donors (Lipinski definition) is 0. The third-order valence-electron chi connectivity index (χ3n) is 3.34. The Balaban J connectivity index is 1.87. The van der Waals surface area contributed by atoms with Crippen molar-refractivity contribution in [3.05, 3.63) is 28.4 Å². The molecule has 126 valence electrons. The topological polar surface area (TPSA) is 85.6 Å². The molecule has 0 aromatic carbocycles. The largest absolute Gasteiger partial charge is 0.444 e. The number of rotatable bonds is 4. The average Bonchev–Trinajstić information content (AvgIpc) is 2.92. The molecule has 2 heterocycles. The first-order valence-corrected chi connectivity index (χ1v) is 8.45. The van der Waals surface area contributed by atoms with Crippen LogP contribution < -0.4 is 0 Å². The third-order valence-corrected chi connectivity index (χ3v) is 4.57. The van der Waals surface area contributed by atoms with Crippen molar-refractivity contribution < 1.29 is 14.5 Å². The van der Waals surface area contributed by atoms with Crippen molar-refractivity contribution in [2.45, 2.75) is 37.8 Å². The van der Waals surface area contributed by atoms with Crippen LogP contribution in [0.1, 0.15) is 27.2 Å². The molecule has 0 unspecified atom stereocenters. The zero-order chi connectivity index (χ0) is 17.0. The van der Waals surface area contributed by atoms with Gasteiger partial charge < -0.3 is 9.64 Å². The maximum atomic E-state index is 12.0. The Hall–Kier alpha value is -1.83. The third kappa shape index (κ3) is 5.09. The number of likely N-dealkylation sites (tertiary alicyclic amines) is 1. The first-order chi connectivity index (χ1) is 10.8. The van der Waals surface area contributed by atoms with Crippen LogP contribution >= 0.6 is 11.8 Å². The first-order valence-electron chi connectivity index (χ1n) is 7.46. The molecule has 0 bridgehead atoms. The molecule has 7 nitrogen and oxygen atoms in total. The summed E-state index contributed by atoms with van der Waals surface area (Å²) in [7, 11) is 0. The molecule has 0 saturated carbocycles. The zero-order valence-corrected chi connectivity index (χ0v) is 14.3. The summed E-state index contributed by atoms with van der Waals surface area (Å²) < 4.78 is 5.36. The smallest absolute Gasteiger partial charge is 0.410 e. The maximum Gasteiger partial charge on any atom is 0.410 e. The molecule has 1 fully saturated rings. The van der Waals surface area contributed by atoms with Crippen LogP contribution in [0.4, 0.5) is 10.5 Å². The van der Waals surface area contributed by atoms with Crippen molar-refractivity contribution in [2.24, 2.45) is 5.92 Å². The predicted octanol–water partition coefficient (Wildman–Crippen LogP) is 3.34. The number of ether oxygens (including phenoxy) is 1. The van der Waals surface area contributed by atoms with Gasteiger partial charge in [0, 0.05) is 31.1 Å². The van der Waals surface area contributed by atoms with Crippen molar-refractivity contribution >= 4 is 23.5 Å². The van der Waals surface area contributed by atoms with Crippen LogP contribution in [0.2, 0.25) is 0 Å². The Morgan fingerprint density at radius 1 is 1.57 bits per heavy atom. The van der Waals surface area contributed by atoms with E-state index in [0.717, 1.165) is 6.42 Å². The Labute approximate surface area is 139 Å². The molecule has 0 aliphatic carbocycles. The van der Waals surface area contributed by atoms with E-state index >= 15 is 0 Å². The summed E-state index contributed by atoms with van der Waals surface area (Å²) in [6, 6.07) is 3.01. The zero-order valence-electron chi connectivity index (χ0n) is 13.5. The first kappa shape index (κ1) is 17.5. The lowest BCUT2D eigenvalue weighted by Gasteiger charge is -2.24. The molecular formula is C15H21N3O4S. The normalized spacial score (nSPS) is 18.0. The van der Waals surface area contributed by atoms with E-state index < -0.39 is 10.5 Å². The van der Waals surface area contributed by atoms with Crippen molar-refractivity contribution in [2.75, 3.05) is 18.8 Å². The molecule has 1 atom stereocenters. The Morgan fingerprint density at radius 3 is 2.96 bits per heavy atom. The number of nitrogens with zero attached hydrogens (tertiary/aromatic N) is 3. The second-order valence-corrected chi connectivity index (χ2v) is 7.49. The van der Waals surface area contributed by atoms with E-state index in [1.54, 1.807) is 17.2 Å². The quantitative estimate of drug-likeness (QED) is 0.475. The molecular weight excluding hydrogens is 318 g/mol. The Kier molecular flexibility index (Phi) is 5.46. The fraction of sp³-hybridized carbons (Fsp3) is 0.600. The van der Waals surface area contributed by atoms with E-state index in [2.05, 4.69) is 4.98 Å². The second-order valence-electron chi connectivity index (χ2n) is 6.48. The number of nitro groups is 1. The highest BCUT2D eigenvalue weighted by molar-refractivity contribution is 7.99. The number of aromatic nitrogens is 1. The van der Waals surface area contributed by atoms with Crippen LogP contribution in [-0.2, 0) is 4.74 Å². The molecule has 1 aromatic rings. The van der Waals surface area contributed by atoms with E-state index in [0.29, 0.717) is 23.9 Å². The lowest BCUT2D eigenvalue weighted by atomic mass is 10.2. The van der Waals surface area contributed by atoms with Gasteiger partial charge in [-0.2, -0.15) is 0 Å². The molecule has 1 aliphatic heterocycles. The minimum Gasteiger partial charge on any atom is -0.444 e. The molecule has 8 heteroatoms. The summed E-state index contributed by atoms with van der Waals surface area (Å²) in [5.41, 5.74) is -0.474. The Bertz CT molecular complexity index is 588. The van der Waals surface area contributed by atoms with Gasteiger partial charge in [0.05, 0.1) is 4.92 Å². The molecule has 1 aliphatic rings. The summed E-state index contributed by atoms with van der Waals surface area (Å²) in [5.74, 6) is 0.978. The highest BCUT2D eigenvalue weighted by atomic mass is 32.2. The van der Waals surface area contributed by atoms with Gasteiger partial charge in [0.25, 0.3) is 0 Å². The van der Waals surface area contributed by atoms with Gasteiger partial charge in [0.1, 0.15) is 5.60 Å². The van der Waals surface area contributed by atoms with Gasteiger partial charge in [0.15, 0.2) is 5.03 Å². The molecule has 1 saturated heterocycles. The van der Waals surface area contributed by atoms with Crippen LogP contribution in [0.25, 0.3) is 0 Å².